The zero-order valence-electron chi connectivity index (χ0n) is 13.7. The number of hydrogen-bond donors (Lipinski definition) is 0. The first-order chi connectivity index (χ1) is 10.4. The van der Waals surface area contributed by atoms with Crippen molar-refractivity contribution in [3.8, 4) is 0 Å². The average molecular weight is 309 g/mol. The van der Waals surface area contributed by atoms with Gasteiger partial charge < -0.3 is 14.5 Å². The van der Waals surface area contributed by atoms with E-state index >= 15 is 0 Å². The summed E-state index contributed by atoms with van der Waals surface area (Å²) in [7, 11) is 0. The van der Waals surface area contributed by atoms with Gasteiger partial charge in [0.2, 0.25) is 11.8 Å². The molecule has 0 aromatic carbocycles. The van der Waals surface area contributed by atoms with Crippen LogP contribution in [0.25, 0.3) is 0 Å². The van der Waals surface area contributed by atoms with Crippen LogP contribution in [-0.4, -0.2) is 84.5 Å². The van der Waals surface area contributed by atoms with Crippen molar-refractivity contribution in [2.75, 3.05) is 52.4 Å². The molecule has 0 aromatic heterocycles. The minimum atomic E-state index is -0.173. The molecule has 3 rings (SSSR count). The van der Waals surface area contributed by atoms with E-state index in [1.165, 1.54) is 0 Å². The van der Waals surface area contributed by atoms with Gasteiger partial charge in [0, 0.05) is 45.2 Å². The molecule has 22 heavy (non-hydrogen) atoms. The molecule has 2 aliphatic heterocycles. The Balaban J connectivity index is 1.44. The highest BCUT2D eigenvalue weighted by atomic mass is 16.5. The van der Waals surface area contributed by atoms with Gasteiger partial charge in [-0.25, -0.2) is 0 Å². The molecule has 0 aromatic rings. The topological polar surface area (TPSA) is 53.1 Å². The van der Waals surface area contributed by atoms with E-state index in [0.717, 1.165) is 25.9 Å². The largest absolute Gasteiger partial charge is 0.373 e. The molecular formula is C16H27N3O3. The number of piperazine rings is 1. The molecule has 0 unspecified atom stereocenters. The Kier molecular flexibility index (Phi) is 4.41. The van der Waals surface area contributed by atoms with Gasteiger partial charge in [0.1, 0.15) is 0 Å². The highest BCUT2D eigenvalue weighted by Gasteiger charge is 2.35. The third kappa shape index (κ3) is 3.79. The molecule has 124 valence electrons. The van der Waals surface area contributed by atoms with Crippen molar-refractivity contribution < 1.29 is 14.3 Å². The van der Waals surface area contributed by atoms with Crippen LogP contribution < -0.4 is 0 Å². The van der Waals surface area contributed by atoms with Crippen LogP contribution in [0.2, 0.25) is 0 Å². The van der Waals surface area contributed by atoms with Crippen molar-refractivity contribution in [2.45, 2.75) is 32.3 Å². The van der Waals surface area contributed by atoms with Gasteiger partial charge in [-0.2, -0.15) is 0 Å². The van der Waals surface area contributed by atoms with Crippen LogP contribution in [-0.2, 0) is 14.3 Å². The Bertz CT molecular complexity index is 440. The van der Waals surface area contributed by atoms with E-state index in [2.05, 4.69) is 18.7 Å². The highest BCUT2D eigenvalue weighted by Crippen LogP contribution is 2.31. The quantitative estimate of drug-likeness (QED) is 0.746. The summed E-state index contributed by atoms with van der Waals surface area (Å²) >= 11 is 0. The molecule has 0 N–H and O–H groups in total. The van der Waals surface area contributed by atoms with Crippen LogP contribution >= 0.6 is 0 Å². The minimum Gasteiger partial charge on any atom is -0.373 e. The highest BCUT2D eigenvalue weighted by molar-refractivity contribution is 5.82. The van der Waals surface area contributed by atoms with Gasteiger partial charge in [-0.3, -0.25) is 14.5 Å². The predicted molar refractivity (Wildman–Crippen MR) is 82.4 cm³/mol. The van der Waals surface area contributed by atoms with Crippen LogP contribution in [0.1, 0.15) is 26.7 Å². The average Bonchev–Trinajstić information content (AvgIpc) is 3.30. The number of hydrogen-bond acceptors (Lipinski definition) is 4. The number of rotatable bonds is 3. The maximum atomic E-state index is 12.4. The van der Waals surface area contributed by atoms with E-state index in [-0.39, 0.29) is 17.4 Å². The van der Waals surface area contributed by atoms with Crippen molar-refractivity contribution in [1.29, 1.82) is 0 Å². The van der Waals surface area contributed by atoms with Crippen LogP contribution in [0.4, 0.5) is 0 Å². The van der Waals surface area contributed by atoms with Crippen molar-refractivity contribution in [2.24, 2.45) is 5.92 Å². The summed E-state index contributed by atoms with van der Waals surface area (Å²) in [6.45, 7) is 9.60. The second-order valence-electron chi connectivity index (χ2n) is 7.30. The standard InChI is InChI=1S/C16H27N3O3/c1-16(2)12-17(9-10-22-16)11-14(20)18-5-7-19(8-6-18)15(21)13-3-4-13/h13H,3-12H2,1-2H3. The number of carbonyl (C=O) groups is 2. The lowest BCUT2D eigenvalue weighted by Gasteiger charge is -2.40. The summed E-state index contributed by atoms with van der Waals surface area (Å²) in [4.78, 5) is 30.5. The van der Waals surface area contributed by atoms with Gasteiger partial charge in [0.05, 0.1) is 18.8 Å². The monoisotopic (exact) mass is 309 g/mol. The van der Waals surface area contributed by atoms with E-state index in [1.54, 1.807) is 0 Å². The zero-order valence-corrected chi connectivity index (χ0v) is 13.7. The normalized spacial score (nSPS) is 26.1. The first-order valence-corrected chi connectivity index (χ1v) is 8.37. The molecule has 0 atom stereocenters. The fourth-order valence-corrected chi connectivity index (χ4v) is 3.31. The molecule has 6 nitrogen and oxygen atoms in total. The minimum absolute atomic E-state index is 0.173. The van der Waals surface area contributed by atoms with Crippen molar-refractivity contribution in [3.05, 3.63) is 0 Å². The summed E-state index contributed by atoms with van der Waals surface area (Å²) in [6, 6.07) is 0. The number of nitrogens with zero attached hydrogens (tertiary/aromatic N) is 3. The Morgan fingerprint density at radius 2 is 1.68 bits per heavy atom. The fraction of sp³-hybridized carbons (Fsp3) is 0.875. The lowest BCUT2D eigenvalue weighted by atomic mass is 10.1. The Hall–Kier alpha value is -1.14. The second kappa shape index (κ2) is 6.16. The second-order valence-corrected chi connectivity index (χ2v) is 7.30. The molecule has 6 heteroatoms. The molecular weight excluding hydrogens is 282 g/mol. The van der Waals surface area contributed by atoms with Gasteiger partial charge in [-0.15, -0.1) is 0 Å². The Morgan fingerprint density at radius 1 is 1.05 bits per heavy atom. The smallest absolute Gasteiger partial charge is 0.236 e. The van der Waals surface area contributed by atoms with E-state index in [9.17, 15) is 9.59 Å². The lowest BCUT2D eigenvalue weighted by molar-refractivity contribution is -0.143. The Labute approximate surface area is 132 Å². The molecule has 2 amide bonds. The summed E-state index contributed by atoms with van der Waals surface area (Å²) in [5, 5.41) is 0. The molecule has 0 spiro atoms. The van der Waals surface area contributed by atoms with E-state index in [0.29, 0.717) is 45.2 Å². The van der Waals surface area contributed by atoms with Crippen LogP contribution in [0, 0.1) is 5.92 Å². The maximum Gasteiger partial charge on any atom is 0.236 e. The van der Waals surface area contributed by atoms with Crippen molar-refractivity contribution >= 4 is 11.8 Å². The third-order valence-electron chi connectivity index (χ3n) is 4.73. The number of ether oxygens (including phenoxy) is 1. The van der Waals surface area contributed by atoms with Crippen molar-refractivity contribution in [1.82, 2.24) is 14.7 Å². The van der Waals surface area contributed by atoms with Gasteiger partial charge in [-0.1, -0.05) is 0 Å². The van der Waals surface area contributed by atoms with Gasteiger partial charge in [0.15, 0.2) is 0 Å². The molecule has 2 heterocycles. The zero-order chi connectivity index (χ0) is 15.7. The number of morpholine rings is 1. The summed E-state index contributed by atoms with van der Waals surface area (Å²) in [6.07, 6.45) is 2.09. The van der Waals surface area contributed by atoms with Gasteiger partial charge in [0.25, 0.3) is 0 Å². The fourth-order valence-electron chi connectivity index (χ4n) is 3.31. The van der Waals surface area contributed by atoms with Crippen LogP contribution in [0.15, 0.2) is 0 Å². The first-order valence-electron chi connectivity index (χ1n) is 8.37. The van der Waals surface area contributed by atoms with E-state index < -0.39 is 0 Å². The predicted octanol–water partition coefficient (Wildman–Crippen LogP) is 0.178. The first kappa shape index (κ1) is 15.7. The molecule has 3 aliphatic rings. The van der Waals surface area contributed by atoms with Crippen molar-refractivity contribution in [3.63, 3.8) is 0 Å². The summed E-state index contributed by atoms with van der Waals surface area (Å²) in [5.74, 6) is 0.746. The molecule has 1 aliphatic carbocycles. The van der Waals surface area contributed by atoms with E-state index in [1.807, 2.05) is 9.80 Å². The Morgan fingerprint density at radius 3 is 2.27 bits per heavy atom. The summed E-state index contributed by atoms with van der Waals surface area (Å²) < 4.78 is 5.68. The van der Waals surface area contributed by atoms with E-state index in [4.69, 9.17) is 4.74 Å². The lowest BCUT2D eigenvalue weighted by Crippen LogP contribution is -2.55. The third-order valence-corrected chi connectivity index (χ3v) is 4.73. The van der Waals surface area contributed by atoms with Gasteiger partial charge >= 0.3 is 0 Å². The maximum absolute atomic E-state index is 12.4. The molecule has 0 radical (unpaired) electrons. The van der Waals surface area contributed by atoms with Crippen LogP contribution in [0.5, 0.6) is 0 Å². The molecule has 3 fully saturated rings. The summed E-state index contributed by atoms with van der Waals surface area (Å²) in [5.41, 5.74) is -0.173. The number of amides is 2. The van der Waals surface area contributed by atoms with Crippen LogP contribution in [0.3, 0.4) is 0 Å². The molecule has 1 saturated carbocycles. The SMILES string of the molecule is CC1(C)CN(CC(=O)N2CCN(C(=O)C3CC3)CC2)CCO1. The molecule has 2 saturated heterocycles. The number of carbonyl (C=O) groups excluding carboxylic acids is 2. The van der Waals surface area contributed by atoms with Gasteiger partial charge in [-0.05, 0) is 26.7 Å². The molecule has 0 bridgehead atoms.